The number of hydrogen-bond acceptors (Lipinski definition) is 7. The smallest absolute Gasteiger partial charge is 0.126 e. The summed E-state index contributed by atoms with van der Waals surface area (Å²) in [6.07, 6.45) is 5.30. The van der Waals surface area contributed by atoms with E-state index in [0.717, 1.165) is 31.9 Å². The molecule has 0 atom stereocenters. The Kier molecular flexibility index (Phi) is 6.86. The largest absolute Gasteiger partial charge is 0.323 e. The molecule has 0 aliphatic heterocycles. The Balaban J connectivity index is 0.000000615. The van der Waals surface area contributed by atoms with E-state index in [4.69, 9.17) is 16.4 Å². The quantitative estimate of drug-likeness (QED) is 0.442. The summed E-state index contributed by atoms with van der Waals surface area (Å²) < 4.78 is 1.14. The van der Waals surface area contributed by atoms with E-state index in [0.29, 0.717) is 0 Å². The van der Waals surface area contributed by atoms with E-state index in [-0.39, 0.29) is 0 Å². The van der Waals surface area contributed by atoms with E-state index < -0.39 is 0 Å². The minimum Gasteiger partial charge on any atom is -0.323 e. The highest BCUT2D eigenvalue weighted by Gasteiger charge is 2.07. The van der Waals surface area contributed by atoms with Crippen molar-refractivity contribution in [2.75, 3.05) is 0 Å². The van der Waals surface area contributed by atoms with Crippen LogP contribution < -0.4 is 5.84 Å². The fraction of sp³-hybridized carbons (Fsp3) is 0.0625. The molecular weight excluding hydrogens is 308 g/mol. The highest BCUT2D eigenvalue weighted by atomic mass is 32.1. The Hall–Kier alpha value is -3.29. The predicted octanol–water partition coefficient (Wildman–Crippen LogP) is 3.24. The molecule has 0 aliphatic carbocycles. The first kappa shape index (κ1) is 17.8. The number of hydrogen-bond donors (Lipinski definition) is 1. The maximum absolute atomic E-state index is 6.50. The van der Waals surface area contributed by atoms with Crippen molar-refractivity contribution in [2.24, 2.45) is 10.9 Å². The molecule has 0 unspecified atom stereocenters. The molecule has 6 nitrogen and oxygen atoms in total. The summed E-state index contributed by atoms with van der Waals surface area (Å²) in [5.74, 6) is 5.16. The van der Waals surface area contributed by atoms with Crippen molar-refractivity contribution in [1.29, 1.82) is 10.5 Å². The monoisotopic (exact) mass is 322 g/mol. The maximum atomic E-state index is 6.50. The van der Waals surface area contributed by atoms with Crippen molar-refractivity contribution in [3.05, 3.63) is 47.8 Å². The number of nitrogens with two attached hydrogens (primary N) is 1. The summed E-state index contributed by atoms with van der Waals surface area (Å²) >= 11 is 1.66. The van der Waals surface area contributed by atoms with Gasteiger partial charge in [0.15, 0.2) is 0 Å². The van der Waals surface area contributed by atoms with Gasteiger partial charge in [-0.2, -0.15) is 5.10 Å². The van der Waals surface area contributed by atoms with Gasteiger partial charge in [0.05, 0.1) is 16.4 Å². The SMILES string of the molecule is C#N.C#N.Cc1cncc(-c2nc3cc(C=NN)ccc3s2)c1. The molecule has 3 rings (SSSR count). The molecule has 0 saturated carbocycles. The second-order valence-corrected chi connectivity index (χ2v) is 5.31. The third kappa shape index (κ3) is 4.34. The molecule has 3 aromatic rings. The van der Waals surface area contributed by atoms with Gasteiger partial charge in [0.25, 0.3) is 0 Å². The average Bonchev–Trinajstić information content (AvgIpc) is 3.02. The molecule has 23 heavy (non-hydrogen) atoms. The summed E-state index contributed by atoms with van der Waals surface area (Å²) in [5, 5.41) is 17.5. The number of pyridine rings is 1. The van der Waals surface area contributed by atoms with Crippen molar-refractivity contribution < 1.29 is 0 Å². The highest BCUT2D eigenvalue weighted by Crippen LogP contribution is 2.30. The zero-order valence-corrected chi connectivity index (χ0v) is 13.2. The first-order valence-corrected chi connectivity index (χ1v) is 7.15. The summed E-state index contributed by atoms with van der Waals surface area (Å²) in [7, 11) is 0. The molecule has 0 spiro atoms. The lowest BCUT2D eigenvalue weighted by molar-refractivity contribution is 1.26. The predicted molar refractivity (Wildman–Crippen MR) is 92.7 cm³/mol. The number of fused-ring (bicyclic) bond motifs is 1. The van der Waals surface area contributed by atoms with E-state index in [1.807, 2.05) is 37.5 Å². The highest BCUT2D eigenvalue weighted by molar-refractivity contribution is 7.21. The van der Waals surface area contributed by atoms with E-state index in [9.17, 15) is 0 Å². The van der Waals surface area contributed by atoms with Crippen LogP contribution in [-0.4, -0.2) is 16.2 Å². The van der Waals surface area contributed by atoms with Crippen LogP contribution in [0.4, 0.5) is 0 Å². The molecule has 0 saturated heterocycles. The number of rotatable bonds is 2. The van der Waals surface area contributed by atoms with Crippen molar-refractivity contribution >= 4 is 27.8 Å². The lowest BCUT2D eigenvalue weighted by Gasteiger charge is -1.95. The second-order valence-electron chi connectivity index (χ2n) is 4.28. The fourth-order valence-corrected chi connectivity index (χ4v) is 2.83. The van der Waals surface area contributed by atoms with E-state index in [1.54, 1.807) is 17.6 Å². The molecule has 0 amide bonds. The van der Waals surface area contributed by atoms with Crippen LogP contribution in [0.15, 0.2) is 41.8 Å². The van der Waals surface area contributed by atoms with Crippen LogP contribution in [0, 0.1) is 30.6 Å². The average molecular weight is 322 g/mol. The van der Waals surface area contributed by atoms with Gasteiger partial charge in [0, 0.05) is 31.1 Å². The Morgan fingerprint density at radius 1 is 1.17 bits per heavy atom. The Morgan fingerprint density at radius 3 is 2.57 bits per heavy atom. The molecular formula is C16H14N6S. The topological polar surface area (TPSA) is 112 Å². The number of aryl methyl sites for hydroxylation is 1. The van der Waals surface area contributed by atoms with Crippen LogP contribution in [0.3, 0.4) is 0 Å². The lowest BCUT2D eigenvalue weighted by atomic mass is 10.2. The third-order valence-corrected chi connectivity index (χ3v) is 3.84. The van der Waals surface area contributed by atoms with Gasteiger partial charge < -0.3 is 5.84 Å². The zero-order chi connectivity index (χ0) is 17.2. The summed E-state index contributed by atoms with van der Waals surface area (Å²) in [6, 6.07) is 8.09. The molecule has 0 bridgehead atoms. The molecule has 2 aromatic heterocycles. The van der Waals surface area contributed by atoms with Crippen molar-refractivity contribution in [2.45, 2.75) is 6.92 Å². The van der Waals surface area contributed by atoms with E-state index in [2.05, 4.69) is 34.3 Å². The minimum absolute atomic E-state index is 0.953. The van der Waals surface area contributed by atoms with Crippen LogP contribution in [0.2, 0.25) is 0 Å². The molecule has 2 heterocycles. The molecule has 7 heteroatoms. The van der Waals surface area contributed by atoms with Gasteiger partial charge in [-0.05, 0) is 36.2 Å². The van der Waals surface area contributed by atoms with E-state index in [1.165, 1.54) is 0 Å². The molecule has 114 valence electrons. The first-order chi connectivity index (χ1) is 11.3. The van der Waals surface area contributed by atoms with Gasteiger partial charge >= 0.3 is 0 Å². The van der Waals surface area contributed by atoms with Crippen LogP contribution in [0.1, 0.15) is 11.1 Å². The minimum atomic E-state index is 0.953. The molecule has 0 fully saturated rings. The van der Waals surface area contributed by atoms with Crippen molar-refractivity contribution in [3.63, 3.8) is 0 Å². The van der Waals surface area contributed by atoms with Gasteiger partial charge in [-0.3, -0.25) is 4.98 Å². The van der Waals surface area contributed by atoms with Crippen LogP contribution in [0.25, 0.3) is 20.8 Å². The van der Waals surface area contributed by atoms with Gasteiger partial charge in [-0.25, -0.2) is 15.5 Å². The van der Waals surface area contributed by atoms with Crippen LogP contribution >= 0.6 is 11.3 Å². The van der Waals surface area contributed by atoms with E-state index >= 15 is 0 Å². The van der Waals surface area contributed by atoms with Gasteiger partial charge in [0.1, 0.15) is 5.01 Å². The normalized spacial score (nSPS) is 9.61. The summed E-state index contributed by atoms with van der Waals surface area (Å²) in [6.45, 7) is 9.03. The number of thiazole rings is 1. The summed E-state index contributed by atoms with van der Waals surface area (Å²) in [5.41, 5.74) is 4.09. The van der Waals surface area contributed by atoms with Gasteiger partial charge in [-0.1, -0.05) is 6.07 Å². The first-order valence-electron chi connectivity index (χ1n) is 6.34. The van der Waals surface area contributed by atoms with Gasteiger partial charge in [-0.15, -0.1) is 11.3 Å². The van der Waals surface area contributed by atoms with Crippen molar-refractivity contribution in [1.82, 2.24) is 9.97 Å². The number of benzene rings is 1. The summed E-state index contributed by atoms with van der Waals surface area (Å²) in [4.78, 5) is 8.85. The second kappa shape index (κ2) is 8.88. The number of nitriles is 2. The van der Waals surface area contributed by atoms with Crippen LogP contribution in [0.5, 0.6) is 0 Å². The van der Waals surface area contributed by atoms with Gasteiger partial charge in [0.2, 0.25) is 0 Å². The maximum Gasteiger partial charge on any atom is 0.126 e. The van der Waals surface area contributed by atoms with Crippen LogP contribution in [-0.2, 0) is 0 Å². The Labute approximate surface area is 138 Å². The van der Waals surface area contributed by atoms with Crippen molar-refractivity contribution in [3.8, 4) is 23.7 Å². The number of hydrazone groups is 1. The molecule has 2 N–H and O–H groups in total. The fourth-order valence-electron chi connectivity index (χ4n) is 1.91. The molecule has 0 aliphatic rings. The Morgan fingerprint density at radius 2 is 1.91 bits per heavy atom. The molecule has 1 aromatic carbocycles. The Bertz CT molecular complexity index is 841. The zero-order valence-electron chi connectivity index (χ0n) is 12.4. The molecule has 0 radical (unpaired) electrons. The number of nitrogens with zero attached hydrogens (tertiary/aromatic N) is 5. The standard InChI is InChI=1S/C14H12N4S.2CHN/c1-9-4-11(8-16-6-9)14-18-12-5-10(7-17-15)2-3-13(12)19-14;2*1-2/h2-8H,15H2,1H3;2*1H. The lowest BCUT2D eigenvalue weighted by Crippen LogP contribution is -1.85. The third-order valence-electron chi connectivity index (χ3n) is 2.76. The number of aromatic nitrogens is 2.